The van der Waals surface area contributed by atoms with Crippen molar-refractivity contribution in [2.24, 2.45) is 0 Å². The van der Waals surface area contributed by atoms with E-state index in [1.54, 1.807) is 16.9 Å². The van der Waals surface area contributed by atoms with Crippen LogP contribution in [0.5, 0.6) is 0 Å². The first-order chi connectivity index (χ1) is 12.0. The molecule has 1 amide bonds. The Bertz CT molecular complexity index is 606. The standard InChI is InChI=1S/C17H27ClN2O4S/c1-2-3-4-5-6-7-8-15-9-11-16(12-10-15)19-25(22,23)20-17(21)24-14-13-18/h9-12,19H,2-8,13-14H2,1H3,(H,20,21). The number of hydrogen-bond donors (Lipinski definition) is 2. The number of ether oxygens (including phenoxy) is 1. The second-order valence-corrected chi connectivity index (χ2v) is 7.54. The number of amides is 1. The molecular weight excluding hydrogens is 364 g/mol. The summed E-state index contributed by atoms with van der Waals surface area (Å²) in [6.07, 6.45) is 7.34. The van der Waals surface area contributed by atoms with Gasteiger partial charge in [0.2, 0.25) is 0 Å². The van der Waals surface area contributed by atoms with Gasteiger partial charge in [-0.25, -0.2) is 9.52 Å². The molecule has 0 unspecified atom stereocenters. The van der Waals surface area contributed by atoms with Crippen LogP contribution in [-0.2, 0) is 21.4 Å². The van der Waals surface area contributed by atoms with Gasteiger partial charge >= 0.3 is 16.3 Å². The Labute approximate surface area is 155 Å². The van der Waals surface area contributed by atoms with Crippen LogP contribution in [0.2, 0.25) is 0 Å². The van der Waals surface area contributed by atoms with E-state index in [9.17, 15) is 13.2 Å². The van der Waals surface area contributed by atoms with E-state index < -0.39 is 16.3 Å². The van der Waals surface area contributed by atoms with E-state index in [0.717, 1.165) is 18.4 Å². The van der Waals surface area contributed by atoms with Crippen molar-refractivity contribution in [1.82, 2.24) is 4.72 Å². The van der Waals surface area contributed by atoms with E-state index >= 15 is 0 Å². The number of aryl methyl sites for hydroxylation is 1. The number of unbranched alkanes of at least 4 members (excludes halogenated alkanes) is 5. The van der Waals surface area contributed by atoms with Crippen LogP contribution in [0.4, 0.5) is 10.5 Å². The molecule has 0 atom stereocenters. The molecule has 0 radical (unpaired) electrons. The van der Waals surface area contributed by atoms with Gasteiger partial charge in [0.25, 0.3) is 0 Å². The highest BCUT2D eigenvalue weighted by molar-refractivity contribution is 7.91. The molecule has 142 valence electrons. The first-order valence-electron chi connectivity index (χ1n) is 8.59. The Hall–Kier alpha value is -1.47. The molecule has 0 fully saturated rings. The van der Waals surface area contributed by atoms with Gasteiger partial charge in [-0.2, -0.15) is 8.42 Å². The highest BCUT2D eigenvalue weighted by Crippen LogP contribution is 2.14. The van der Waals surface area contributed by atoms with Crippen molar-refractivity contribution < 1.29 is 17.9 Å². The van der Waals surface area contributed by atoms with Crippen molar-refractivity contribution in [3.05, 3.63) is 29.8 Å². The average molecular weight is 391 g/mol. The molecule has 1 aromatic rings. The van der Waals surface area contributed by atoms with Crippen LogP contribution < -0.4 is 9.44 Å². The van der Waals surface area contributed by atoms with Crippen LogP contribution in [0.25, 0.3) is 0 Å². The zero-order valence-corrected chi connectivity index (χ0v) is 16.2. The maximum Gasteiger partial charge on any atom is 0.422 e. The third-order valence-corrected chi connectivity index (χ3v) is 4.65. The highest BCUT2D eigenvalue weighted by Gasteiger charge is 2.15. The fourth-order valence-electron chi connectivity index (χ4n) is 2.30. The summed E-state index contributed by atoms with van der Waals surface area (Å²) in [5, 5.41) is 0. The Morgan fingerprint density at radius 3 is 2.36 bits per heavy atom. The zero-order chi connectivity index (χ0) is 18.5. The van der Waals surface area contributed by atoms with Crippen LogP contribution in [-0.4, -0.2) is 27.0 Å². The molecule has 0 aliphatic heterocycles. The van der Waals surface area contributed by atoms with E-state index in [-0.39, 0.29) is 12.5 Å². The predicted molar refractivity (Wildman–Crippen MR) is 101 cm³/mol. The van der Waals surface area contributed by atoms with Gasteiger partial charge in [-0.05, 0) is 30.5 Å². The quantitative estimate of drug-likeness (QED) is 0.413. The first-order valence-corrected chi connectivity index (χ1v) is 10.6. The SMILES string of the molecule is CCCCCCCCc1ccc(NS(=O)(=O)NC(=O)OCCCl)cc1. The first kappa shape index (κ1) is 21.6. The smallest absolute Gasteiger partial charge is 0.422 e. The van der Waals surface area contributed by atoms with Crippen molar-refractivity contribution in [1.29, 1.82) is 0 Å². The predicted octanol–water partition coefficient (Wildman–Crippen LogP) is 4.21. The number of halogens is 1. The summed E-state index contributed by atoms with van der Waals surface area (Å²) in [6.45, 7) is 2.14. The summed E-state index contributed by atoms with van der Waals surface area (Å²) < 4.78 is 32.2. The van der Waals surface area contributed by atoms with Gasteiger partial charge in [-0.3, -0.25) is 4.72 Å². The third-order valence-electron chi connectivity index (χ3n) is 3.55. The van der Waals surface area contributed by atoms with Gasteiger partial charge in [0.15, 0.2) is 0 Å². The van der Waals surface area contributed by atoms with E-state index in [4.69, 9.17) is 11.6 Å². The highest BCUT2D eigenvalue weighted by atomic mass is 35.5. The Morgan fingerprint density at radius 2 is 1.72 bits per heavy atom. The van der Waals surface area contributed by atoms with Crippen molar-refractivity contribution in [2.75, 3.05) is 17.2 Å². The van der Waals surface area contributed by atoms with Gasteiger partial charge < -0.3 is 4.74 Å². The lowest BCUT2D eigenvalue weighted by atomic mass is 10.0. The van der Waals surface area contributed by atoms with Gasteiger partial charge in [-0.15, -0.1) is 11.6 Å². The Kier molecular flexibility index (Phi) is 10.3. The van der Waals surface area contributed by atoms with E-state index in [1.807, 2.05) is 12.1 Å². The fourth-order valence-corrected chi connectivity index (χ4v) is 3.15. The summed E-state index contributed by atoms with van der Waals surface area (Å²) >= 11 is 5.36. The van der Waals surface area contributed by atoms with Crippen LogP contribution in [0.15, 0.2) is 24.3 Å². The number of rotatable bonds is 12. The van der Waals surface area contributed by atoms with Gasteiger partial charge in [0.05, 0.1) is 11.6 Å². The average Bonchev–Trinajstić information content (AvgIpc) is 2.57. The number of carbonyl (C=O) groups excluding carboxylic acids is 1. The van der Waals surface area contributed by atoms with Crippen molar-refractivity contribution in [3.63, 3.8) is 0 Å². The minimum absolute atomic E-state index is 0.0595. The Balaban J connectivity index is 2.38. The molecule has 0 spiro atoms. The molecule has 8 heteroatoms. The molecule has 0 aromatic heterocycles. The lowest BCUT2D eigenvalue weighted by Gasteiger charge is -2.10. The molecule has 25 heavy (non-hydrogen) atoms. The minimum atomic E-state index is -4.02. The molecule has 2 N–H and O–H groups in total. The zero-order valence-electron chi connectivity index (χ0n) is 14.6. The molecule has 0 saturated heterocycles. The molecule has 1 rings (SSSR count). The van der Waals surface area contributed by atoms with Crippen molar-refractivity contribution in [3.8, 4) is 0 Å². The summed E-state index contributed by atoms with van der Waals surface area (Å²) in [4.78, 5) is 11.3. The molecule has 6 nitrogen and oxygen atoms in total. The molecule has 1 aromatic carbocycles. The second-order valence-electron chi connectivity index (χ2n) is 5.75. The van der Waals surface area contributed by atoms with E-state index in [1.165, 1.54) is 32.1 Å². The number of benzene rings is 1. The number of alkyl halides is 1. The van der Waals surface area contributed by atoms with Crippen molar-refractivity contribution in [2.45, 2.75) is 51.9 Å². The topological polar surface area (TPSA) is 84.5 Å². The van der Waals surface area contributed by atoms with Crippen LogP contribution in [0.1, 0.15) is 51.0 Å². The largest absolute Gasteiger partial charge is 0.448 e. The second kappa shape index (κ2) is 12.0. The molecule has 0 aliphatic carbocycles. The fraction of sp³-hybridized carbons (Fsp3) is 0.588. The lowest BCUT2D eigenvalue weighted by molar-refractivity contribution is 0.159. The monoisotopic (exact) mass is 390 g/mol. The maximum absolute atomic E-state index is 11.8. The number of hydrogen-bond acceptors (Lipinski definition) is 4. The molecule has 0 aliphatic rings. The third kappa shape index (κ3) is 10.2. The summed E-state index contributed by atoms with van der Waals surface area (Å²) in [5.41, 5.74) is 1.54. The van der Waals surface area contributed by atoms with Crippen LogP contribution in [0.3, 0.4) is 0 Å². The van der Waals surface area contributed by atoms with Gasteiger partial charge in [0, 0.05) is 0 Å². The normalized spacial score (nSPS) is 11.1. The molecule has 0 bridgehead atoms. The lowest BCUT2D eigenvalue weighted by Crippen LogP contribution is -2.36. The summed E-state index contributed by atoms with van der Waals surface area (Å²) in [7, 11) is -4.02. The number of nitrogens with one attached hydrogen (secondary N) is 2. The molecular formula is C17H27ClN2O4S. The minimum Gasteiger partial charge on any atom is -0.448 e. The van der Waals surface area contributed by atoms with Gasteiger partial charge in [-0.1, -0.05) is 51.2 Å². The number of anilines is 1. The van der Waals surface area contributed by atoms with Crippen molar-refractivity contribution >= 4 is 33.6 Å². The van der Waals surface area contributed by atoms with Gasteiger partial charge in [0.1, 0.15) is 6.61 Å². The summed E-state index contributed by atoms with van der Waals surface area (Å²) in [6, 6.07) is 7.12. The Morgan fingerprint density at radius 1 is 1.08 bits per heavy atom. The maximum atomic E-state index is 11.8. The molecule has 0 heterocycles. The van der Waals surface area contributed by atoms with E-state index in [2.05, 4.69) is 16.4 Å². The molecule has 0 saturated carbocycles. The number of carbonyl (C=O) groups is 1. The van der Waals surface area contributed by atoms with E-state index in [0.29, 0.717) is 5.69 Å². The van der Waals surface area contributed by atoms with Crippen LogP contribution in [0, 0.1) is 0 Å². The van der Waals surface area contributed by atoms with Crippen LogP contribution >= 0.6 is 11.6 Å². The summed E-state index contributed by atoms with van der Waals surface area (Å²) in [5.74, 6) is 0.0982.